The fraction of sp³-hybridized carbons (Fsp3) is 0.133. The van der Waals surface area contributed by atoms with Crippen molar-refractivity contribution in [2.45, 2.75) is 13.3 Å². The third-order valence-electron chi connectivity index (χ3n) is 2.70. The summed E-state index contributed by atoms with van der Waals surface area (Å²) in [6.07, 6.45) is 0.278. The van der Waals surface area contributed by atoms with Gasteiger partial charge in [0, 0.05) is 4.47 Å². The van der Waals surface area contributed by atoms with E-state index in [0.29, 0.717) is 0 Å². The Bertz CT molecular complexity index is 594. The number of rotatable bonds is 3. The van der Waals surface area contributed by atoms with Crippen LogP contribution in [0.25, 0.3) is 0 Å². The molecule has 2 aromatic rings. The van der Waals surface area contributed by atoms with Crippen molar-refractivity contribution in [1.82, 2.24) is 0 Å². The summed E-state index contributed by atoms with van der Waals surface area (Å²) in [7, 11) is 0. The fourth-order valence-electron chi connectivity index (χ4n) is 1.73. The Balaban J connectivity index is 2.05. The highest BCUT2D eigenvalue weighted by Crippen LogP contribution is 2.23. The van der Waals surface area contributed by atoms with Crippen LogP contribution in [0.4, 0.5) is 5.69 Å². The van der Waals surface area contributed by atoms with E-state index in [2.05, 4.69) is 21.2 Å². The lowest BCUT2D eigenvalue weighted by Crippen LogP contribution is -2.14. The van der Waals surface area contributed by atoms with Gasteiger partial charge in [0.15, 0.2) is 0 Å². The van der Waals surface area contributed by atoms with E-state index in [1.807, 2.05) is 25.1 Å². The molecular weight excluding hydrogens is 306 g/mol. The van der Waals surface area contributed by atoms with Crippen molar-refractivity contribution >= 4 is 27.5 Å². The molecule has 0 unspecified atom stereocenters. The summed E-state index contributed by atoms with van der Waals surface area (Å²) >= 11 is 3.41. The van der Waals surface area contributed by atoms with E-state index in [4.69, 9.17) is 0 Å². The average Bonchev–Trinajstić information content (AvgIpc) is 2.37. The molecule has 0 spiro atoms. The van der Waals surface area contributed by atoms with Crippen LogP contribution < -0.4 is 5.32 Å². The first-order valence-corrected chi connectivity index (χ1v) is 6.68. The molecule has 98 valence electrons. The molecule has 1 amide bonds. The molecule has 0 aromatic heterocycles. The van der Waals surface area contributed by atoms with Crippen molar-refractivity contribution in [3.63, 3.8) is 0 Å². The van der Waals surface area contributed by atoms with Crippen molar-refractivity contribution in [2.75, 3.05) is 5.32 Å². The molecular formula is C15H14BrNO2. The smallest absolute Gasteiger partial charge is 0.228 e. The number of aryl methyl sites for hydroxylation is 1. The number of aromatic hydroxyl groups is 1. The van der Waals surface area contributed by atoms with E-state index in [1.54, 1.807) is 24.3 Å². The Hall–Kier alpha value is -1.81. The highest BCUT2D eigenvalue weighted by atomic mass is 79.9. The van der Waals surface area contributed by atoms with E-state index in [1.165, 1.54) is 0 Å². The minimum Gasteiger partial charge on any atom is -0.508 e. The molecule has 4 heteroatoms. The molecule has 0 aliphatic rings. The van der Waals surface area contributed by atoms with Crippen molar-refractivity contribution in [3.05, 3.63) is 58.1 Å². The quantitative estimate of drug-likeness (QED) is 0.907. The Morgan fingerprint density at radius 2 is 1.89 bits per heavy atom. The van der Waals surface area contributed by atoms with Crippen LogP contribution in [0.15, 0.2) is 46.9 Å². The molecule has 0 saturated heterocycles. The number of carbonyl (C=O) groups is 1. The maximum atomic E-state index is 11.9. The van der Waals surface area contributed by atoms with Gasteiger partial charge in [-0.05, 0) is 58.2 Å². The van der Waals surface area contributed by atoms with Gasteiger partial charge in [-0.3, -0.25) is 4.79 Å². The van der Waals surface area contributed by atoms with Crippen molar-refractivity contribution < 1.29 is 9.90 Å². The predicted octanol–water partition coefficient (Wildman–Crippen LogP) is 3.64. The molecule has 3 nitrogen and oxygen atoms in total. The molecule has 0 aliphatic carbocycles. The molecule has 2 N–H and O–H groups in total. The number of halogens is 1. The number of amides is 1. The number of nitrogens with one attached hydrogen (secondary N) is 1. The van der Waals surface area contributed by atoms with Crippen LogP contribution in [0.5, 0.6) is 5.75 Å². The summed E-state index contributed by atoms with van der Waals surface area (Å²) < 4.78 is 0.858. The second-order valence-corrected chi connectivity index (χ2v) is 5.23. The summed E-state index contributed by atoms with van der Waals surface area (Å²) in [5.74, 6) is 0.113. The van der Waals surface area contributed by atoms with Gasteiger partial charge in [-0.15, -0.1) is 0 Å². The first kappa shape index (κ1) is 13.6. The number of phenolic OH excluding ortho intramolecular Hbond substituents is 1. The topological polar surface area (TPSA) is 49.3 Å². The van der Waals surface area contributed by atoms with Crippen LogP contribution in [-0.4, -0.2) is 11.0 Å². The van der Waals surface area contributed by atoms with Gasteiger partial charge in [0.2, 0.25) is 5.91 Å². The Morgan fingerprint density at radius 3 is 2.58 bits per heavy atom. The first-order valence-electron chi connectivity index (χ1n) is 5.88. The molecule has 0 bridgehead atoms. The first-order chi connectivity index (χ1) is 9.04. The second kappa shape index (κ2) is 5.89. The summed E-state index contributed by atoms with van der Waals surface area (Å²) in [6, 6.07) is 12.4. The zero-order valence-electron chi connectivity index (χ0n) is 10.5. The molecule has 0 saturated carbocycles. The minimum atomic E-state index is -0.0861. The van der Waals surface area contributed by atoms with Crippen molar-refractivity contribution in [1.29, 1.82) is 0 Å². The molecule has 19 heavy (non-hydrogen) atoms. The van der Waals surface area contributed by atoms with Crippen molar-refractivity contribution in [3.8, 4) is 5.75 Å². The summed E-state index contributed by atoms with van der Waals surface area (Å²) in [4.78, 5) is 11.9. The van der Waals surface area contributed by atoms with E-state index in [0.717, 1.165) is 21.3 Å². The van der Waals surface area contributed by atoms with Crippen LogP contribution in [0.3, 0.4) is 0 Å². The minimum absolute atomic E-state index is 0.0861. The highest BCUT2D eigenvalue weighted by molar-refractivity contribution is 9.10. The normalized spacial score (nSPS) is 10.2. The highest BCUT2D eigenvalue weighted by Gasteiger charge is 2.07. The number of anilines is 1. The van der Waals surface area contributed by atoms with Gasteiger partial charge >= 0.3 is 0 Å². The van der Waals surface area contributed by atoms with Crippen molar-refractivity contribution in [2.24, 2.45) is 0 Å². The number of carbonyl (C=O) groups excluding carboxylic acids is 1. The largest absolute Gasteiger partial charge is 0.508 e. The molecule has 0 fully saturated rings. The maximum absolute atomic E-state index is 11.9. The van der Waals surface area contributed by atoms with Crippen LogP contribution in [0.2, 0.25) is 0 Å². The summed E-state index contributed by atoms with van der Waals surface area (Å²) in [5.41, 5.74) is 2.71. The van der Waals surface area contributed by atoms with E-state index in [-0.39, 0.29) is 18.1 Å². The molecule has 0 atom stereocenters. The Morgan fingerprint density at radius 1 is 1.21 bits per heavy atom. The Labute approximate surface area is 120 Å². The predicted molar refractivity (Wildman–Crippen MR) is 79.3 cm³/mol. The molecule has 0 aliphatic heterocycles. The molecule has 0 radical (unpaired) electrons. The van der Waals surface area contributed by atoms with Gasteiger partial charge in [0.05, 0.1) is 12.1 Å². The van der Waals surface area contributed by atoms with Gasteiger partial charge in [0.1, 0.15) is 5.75 Å². The zero-order chi connectivity index (χ0) is 13.8. The fourth-order valence-corrected chi connectivity index (χ4v) is 2.07. The number of hydrogen-bond donors (Lipinski definition) is 2. The lowest BCUT2D eigenvalue weighted by atomic mass is 10.1. The lowest BCUT2D eigenvalue weighted by Gasteiger charge is -2.08. The third-order valence-corrected chi connectivity index (χ3v) is 3.39. The third kappa shape index (κ3) is 3.83. The Kier molecular flexibility index (Phi) is 4.22. The van der Waals surface area contributed by atoms with Gasteiger partial charge in [0.25, 0.3) is 0 Å². The summed E-state index contributed by atoms with van der Waals surface area (Å²) in [5, 5.41) is 12.1. The SMILES string of the molecule is Cc1ccc(Br)c(NC(=O)Cc2ccc(O)cc2)c1. The zero-order valence-corrected chi connectivity index (χ0v) is 12.1. The van der Waals surface area contributed by atoms with Gasteiger partial charge in [-0.1, -0.05) is 18.2 Å². The number of hydrogen-bond acceptors (Lipinski definition) is 2. The van der Waals surface area contributed by atoms with Crippen LogP contribution in [0.1, 0.15) is 11.1 Å². The number of benzene rings is 2. The summed E-state index contributed by atoms with van der Waals surface area (Å²) in [6.45, 7) is 1.97. The van der Waals surface area contributed by atoms with Crippen LogP contribution >= 0.6 is 15.9 Å². The lowest BCUT2D eigenvalue weighted by molar-refractivity contribution is -0.115. The average molecular weight is 320 g/mol. The second-order valence-electron chi connectivity index (χ2n) is 4.37. The van der Waals surface area contributed by atoms with E-state index >= 15 is 0 Å². The molecule has 0 heterocycles. The maximum Gasteiger partial charge on any atom is 0.228 e. The molecule has 2 rings (SSSR count). The van der Waals surface area contributed by atoms with Gasteiger partial charge < -0.3 is 10.4 Å². The molecule has 2 aromatic carbocycles. The van der Waals surface area contributed by atoms with Crippen LogP contribution in [-0.2, 0) is 11.2 Å². The van der Waals surface area contributed by atoms with Gasteiger partial charge in [-0.2, -0.15) is 0 Å². The van der Waals surface area contributed by atoms with Crippen LogP contribution in [0, 0.1) is 6.92 Å². The van der Waals surface area contributed by atoms with E-state index < -0.39 is 0 Å². The van der Waals surface area contributed by atoms with Gasteiger partial charge in [-0.25, -0.2) is 0 Å². The monoisotopic (exact) mass is 319 g/mol. The van der Waals surface area contributed by atoms with E-state index in [9.17, 15) is 9.90 Å². The number of phenols is 1. The standard InChI is InChI=1S/C15H14BrNO2/c1-10-2-7-13(16)14(8-10)17-15(19)9-11-3-5-12(18)6-4-11/h2-8,18H,9H2,1H3,(H,17,19).